The zero-order valence-corrected chi connectivity index (χ0v) is 18.6. The van der Waals surface area contributed by atoms with Crippen molar-refractivity contribution < 1.29 is 24.6 Å². The molecular formula is C26H22N4O5. The molecule has 2 aliphatic heterocycles. The average molecular weight is 470 g/mol. The van der Waals surface area contributed by atoms with Crippen molar-refractivity contribution in [2.24, 2.45) is 0 Å². The van der Waals surface area contributed by atoms with Gasteiger partial charge in [-0.25, -0.2) is 0 Å². The number of rotatable bonds is 7. The van der Waals surface area contributed by atoms with Crippen LogP contribution in [-0.2, 0) is 20.9 Å². The largest absolute Gasteiger partial charge is 0.505 e. The van der Waals surface area contributed by atoms with Crippen LogP contribution in [0.3, 0.4) is 0 Å². The quantitative estimate of drug-likeness (QED) is 0.487. The Morgan fingerprint density at radius 2 is 1.83 bits per heavy atom. The number of carbonyl (C=O) groups is 3. The molecule has 9 heteroatoms. The van der Waals surface area contributed by atoms with Crippen LogP contribution in [-0.4, -0.2) is 39.4 Å². The van der Waals surface area contributed by atoms with Crippen LogP contribution < -0.4 is 10.6 Å². The zero-order chi connectivity index (χ0) is 24.9. The van der Waals surface area contributed by atoms with Crippen molar-refractivity contribution in [3.05, 3.63) is 106 Å². The first kappa shape index (κ1) is 23.3. The number of carboxylic acid groups (broad SMARTS) is 1. The number of nitriles is 1. The van der Waals surface area contributed by atoms with Gasteiger partial charge in [-0.05, 0) is 23.3 Å². The monoisotopic (exact) mass is 470 g/mol. The number of aliphatic hydroxyl groups is 1. The number of nitrogens with one attached hydrogen (secondary N) is 2. The third-order valence-corrected chi connectivity index (χ3v) is 5.65. The second-order valence-electron chi connectivity index (χ2n) is 8.03. The summed E-state index contributed by atoms with van der Waals surface area (Å²) >= 11 is 0. The molecule has 2 aliphatic rings. The Kier molecular flexibility index (Phi) is 6.64. The molecule has 0 aromatic heterocycles. The standard InChI is InChI=1S/C26H22N4O5/c27-13-16-6-8-17(9-7-16)14-30-15-21-20(24(33)23(30)26(35)28-11-10-22(31)32)12-19(25(34)29-21)18-4-2-1-3-5-18/h1-9,12,15,19,33H,10-11,14H2,(H,28,35)(H,29,34)(H,31,32). The molecule has 0 saturated carbocycles. The maximum absolute atomic E-state index is 13.0. The lowest BCUT2D eigenvalue weighted by Gasteiger charge is -2.33. The van der Waals surface area contributed by atoms with E-state index in [0.29, 0.717) is 16.8 Å². The van der Waals surface area contributed by atoms with E-state index < -0.39 is 17.8 Å². The number of carbonyl (C=O) groups excluding carboxylic acids is 2. The molecule has 2 aromatic carbocycles. The first-order valence-electron chi connectivity index (χ1n) is 10.9. The maximum atomic E-state index is 13.0. The molecule has 0 saturated heterocycles. The van der Waals surface area contributed by atoms with E-state index in [1.807, 2.05) is 24.3 Å². The molecule has 2 amide bonds. The molecule has 1 unspecified atom stereocenters. The van der Waals surface area contributed by atoms with E-state index in [1.165, 1.54) is 4.90 Å². The Labute approximate surface area is 201 Å². The second-order valence-corrected chi connectivity index (χ2v) is 8.03. The van der Waals surface area contributed by atoms with E-state index in [4.69, 9.17) is 10.4 Å². The van der Waals surface area contributed by atoms with E-state index in [-0.39, 0.29) is 36.9 Å². The predicted molar refractivity (Wildman–Crippen MR) is 125 cm³/mol. The maximum Gasteiger partial charge on any atom is 0.305 e. The first-order chi connectivity index (χ1) is 16.9. The van der Waals surface area contributed by atoms with Crippen molar-refractivity contribution in [1.29, 1.82) is 5.26 Å². The first-order valence-corrected chi connectivity index (χ1v) is 10.9. The van der Waals surface area contributed by atoms with Crippen molar-refractivity contribution in [3.63, 3.8) is 0 Å². The highest BCUT2D eigenvalue weighted by molar-refractivity contribution is 5.97. The molecule has 4 N–H and O–H groups in total. The minimum Gasteiger partial charge on any atom is -0.505 e. The molecule has 176 valence electrons. The Balaban J connectivity index is 1.71. The van der Waals surface area contributed by atoms with Gasteiger partial charge in [0.25, 0.3) is 5.91 Å². The highest BCUT2D eigenvalue weighted by atomic mass is 16.4. The van der Waals surface area contributed by atoms with Crippen LogP contribution in [0.1, 0.15) is 29.0 Å². The molecule has 2 aromatic rings. The summed E-state index contributed by atoms with van der Waals surface area (Å²) in [5.74, 6) is -2.97. The Morgan fingerprint density at radius 3 is 2.49 bits per heavy atom. The van der Waals surface area contributed by atoms with Gasteiger partial charge in [0.2, 0.25) is 5.91 Å². The van der Waals surface area contributed by atoms with Gasteiger partial charge in [-0.2, -0.15) is 5.26 Å². The molecule has 0 aliphatic carbocycles. The van der Waals surface area contributed by atoms with Gasteiger partial charge in [-0.1, -0.05) is 48.5 Å². The van der Waals surface area contributed by atoms with Crippen molar-refractivity contribution in [2.75, 3.05) is 6.54 Å². The highest BCUT2D eigenvalue weighted by Gasteiger charge is 2.35. The Bertz CT molecular complexity index is 1300. The van der Waals surface area contributed by atoms with Crippen LogP contribution in [0.4, 0.5) is 0 Å². The summed E-state index contributed by atoms with van der Waals surface area (Å²) in [4.78, 5) is 38.2. The molecule has 1 atom stereocenters. The lowest BCUT2D eigenvalue weighted by Crippen LogP contribution is -2.41. The fourth-order valence-electron chi connectivity index (χ4n) is 3.92. The van der Waals surface area contributed by atoms with Gasteiger partial charge >= 0.3 is 5.97 Å². The van der Waals surface area contributed by atoms with Crippen LogP contribution in [0.15, 0.2) is 89.6 Å². The zero-order valence-electron chi connectivity index (χ0n) is 18.6. The molecule has 0 spiro atoms. The van der Waals surface area contributed by atoms with Crippen LogP contribution in [0.2, 0.25) is 0 Å². The van der Waals surface area contributed by atoms with E-state index in [0.717, 1.165) is 11.1 Å². The summed E-state index contributed by atoms with van der Waals surface area (Å²) in [5.41, 5.74) is 2.54. The lowest BCUT2D eigenvalue weighted by molar-refractivity contribution is -0.137. The summed E-state index contributed by atoms with van der Waals surface area (Å²) in [6.07, 6.45) is 2.90. The fourth-order valence-corrected chi connectivity index (χ4v) is 3.92. The van der Waals surface area contributed by atoms with Crippen molar-refractivity contribution in [2.45, 2.75) is 18.9 Å². The van der Waals surface area contributed by atoms with Gasteiger partial charge in [-0.15, -0.1) is 0 Å². The Morgan fingerprint density at radius 1 is 1.11 bits per heavy atom. The Hall–Kier alpha value is -4.84. The summed E-state index contributed by atoms with van der Waals surface area (Å²) in [7, 11) is 0. The molecule has 0 bridgehead atoms. The molecule has 35 heavy (non-hydrogen) atoms. The van der Waals surface area contributed by atoms with Crippen LogP contribution >= 0.6 is 0 Å². The SMILES string of the molecule is N#Cc1ccc(CN2C=C3NC(=O)C(c4ccccc4)C=C3C(O)=C2C(=O)NCCC(=O)O)cc1. The van der Waals surface area contributed by atoms with Crippen molar-refractivity contribution in [3.8, 4) is 6.07 Å². The molecule has 2 heterocycles. The molecule has 0 fully saturated rings. The summed E-state index contributed by atoms with van der Waals surface area (Å²) < 4.78 is 0. The van der Waals surface area contributed by atoms with Crippen molar-refractivity contribution >= 4 is 17.8 Å². The van der Waals surface area contributed by atoms with Gasteiger partial charge in [0, 0.05) is 24.9 Å². The summed E-state index contributed by atoms with van der Waals surface area (Å²) in [5, 5.41) is 34.4. The fraction of sp³-hybridized carbons (Fsp3) is 0.154. The van der Waals surface area contributed by atoms with E-state index in [9.17, 15) is 19.5 Å². The average Bonchev–Trinajstić information content (AvgIpc) is 2.84. The van der Waals surface area contributed by atoms with Crippen LogP contribution in [0, 0.1) is 11.3 Å². The lowest BCUT2D eigenvalue weighted by atomic mass is 9.89. The third kappa shape index (κ3) is 5.07. The number of hydrogen-bond acceptors (Lipinski definition) is 6. The van der Waals surface area contributed by atoms with Crippen LogP contribution in [0.5, 0.6) is 0 Å². The number of hydrogen-bond donors (Lipinski definition) is 4. The summed E-state index contributed by atoms with van der Waals surface area (Å²) in [6.45, 7) is 0.0425. The number of amides is 2. The summed E-state index contributed by atoms with van der Waals surface area (Å²) in [6, 6.07) is 17.8. The number of benzene rings is 2. The topological polar surface area (TPSA) is 143 Å². The number of fused-ring (bicyclic) bond motifs is 1. The van der Waals surface area contributed by atoms with Gasteiger partial charge in [-0.3, -0.25) is 14.4 Å². The smallest absolute Gasteiger partial charge is 0.305 e. The van der Waals surface area contributed by atoms with Gasteiger partial charge in [0.1, 0.15) is 5.70 Å². The normalized spacial score (nSPS) is 16.9. The molecule has 0 radical (unpaired) electrons. The van der Waals surface area contributed by atoms with E-state index in [1.54, 1.807) is 48.7 Å². The van der Waals surface area contributed by atoms with E-state index in [2.05, 4.69) is 10.6 Å². The van der Waals surface area contributed by atoms with Gasteiger partial charge in [0.05, 0.1) is 29.7 Å². The second kappa shape index (κ2) is 9.97. The highest BCUT2D eigenvalue weighted by Crippen LogP contribution is 2.35. The third-order valence-electron chi connectivity index (χ3n) is 5.65. The molecular weight excluding hydrogens is 448 g/mol. The molecule has 9 nitrogen and oxygen atoms in total. The predicted octanol–water partition coefficient (Wildman–Crippen LogP) is 2.42. The number of aliphatic carboxylic acids is 1. The van der Waals surface area contributed by atoms with Crippen LogP contribution in [0.25, 0.3) is 0 Å². The van der Waals surface area contributed by atoms with Gasteiger partial charge < -0.3 is 25.7 Å². The van der Waals surface area contributed by atoms with Crippen molar-refractivity contribution in [1.82, 2.24) is 15.5 Å². The molecule has 4 rings (SSSR count). The van der Waals surface area contributed by atoms with E-state index >= 15 is 0 Å². The number of carboxylic acids is 1. The number of nitrogens with zero attached hydrogens (tertiary/aromatic N) is 2. The minimum atomic E-state index is -1.06. The minimum absolute atomic E-state index is 0.0716. The number of aliphatic hydroxyl groups excluding tert-OH is 1. The van der Waals surface area contributed by atoms with Gasteiger partial charge in [0.15, 0.2) is 5.76 Å².